The van der Waals surface area contributed by atoms with Crippen LogP contribution >= 0.6 is 0 Å². The van der Waals surface area contributed by atoms with Crippen molar-refractivity contribution in [2.24, 2.45) is 0 Å². The summed E-state index contributed by atoms with van der Waals surface area (Å²) in [6.45, 7) is 0.781. The minimum atomic E-state index is -4.64. The Morgan fingerprint density at radius 1 is 1.53 bits per heavy atom. The number of pyridine rings is 1. The zero-order valence-electron chi connectivity index (χ0n) is 9.61. The summed E-state index contributed by atoms with van der Waals surface area (Å²) in [7, 11) is 0. The highest BCUT2D eigenvalue weighted by atomic mass is 19.4. The molecule has 0 saturated carbocycles. The fraction of sp³-hybridized carbons (Fsp3) is 0.500. The third-order valence-electron chi connectivity index (χ3n) is 2.66. The van der Waals surface area contributed by atoms with E-state index in [-0.39, 0.29) is 11.7 Å². The van der Waals surface area contributed by atoms with E-state index in [1.165, 1.54) is 0 Å². The van der Waals surface area contributed by atoms with Crippen LogP contribution < -0.4 is 5.32 Å². The normalized spacial score (nSPS) is 19.4. The first-order valence-electron chi connectivity index (χ1n) is 5.44. The summed E-state index contributed by atoms with van der Waals surface area (Å²) in [5, 5.41) is 13.5. The molecule has 19 heavy (non-hydrogen) atoms. The topological polar surface area (TPSA) is 77.3 Å². The van der Waals surface area contributed by atoms with Gasteiger partial charge in [-0.3, -0.25) is 10.1 Å². The lowest BCUT2D eigenvalue weighted by molar-refractivity contribution is -0.384. The van der Waals surface area contributed by atoms with E-state index in [2.05, 4.69) is 10.3 Å². The van der Waals surface area contributed by atoms with Crippen molar-refractivity contribution in [2.45, 2.75) is 18.6 Å². The number of hydrogen-bond acceptors (Lipinski definition) is 5. The molecule has 0 spiro atoms. The van der Waals surface area contributed by atoms with E-state index < -0.39 is 22.5 Å². The molecule has 1 aromatic rings. The number of halogens is 3. The highest BCUT2D eigenvalue weighted by molar-refractivity contribution is 5.61. The van der Waals surface area contributed by atoms with Crippen LogP contribution in [0.2, 0.25) is 0 Å². The summed E-state index contributed by atoms with van der Waals surface area (Å²) in [6.07, 6.45) is -3.44. The van der Waals surface area contributed by atoms with E-state index in [1.807, 2.05) is 0 Å². The molecule has 9 heteroatoms. The predicted molar refractivity (Wildman–Crippen MR) is 58.7 cm³/mol. The third-order valence-corrected chi connectivity index (χ3v) is 2.66. The number of ether oxygens (including phenoxy) is 1. The van der Waals surface area contributed by atoms with Crippen LogP contribution in [0.1, 0.15) is 12.1 Å². The second kappa shape index (κ2) is 5.00. The van der Waals surface area contributed by atoms with Gasteiger partial charge in [-0.15, -0.1) is 0 Å². The minimum Gasteiger partial charge on any atom is -0.379 e. The van der Waals surface area contributed by atoms with Gasteiger partial charge in [0.25, 0.3) is 0 Å². The fourth-order valence-corrected chi connectivity index (χ4v) is 1.73. The van der Waals surface area contributed by atoms with Crippen LogP contribution in [0, 0.1) is 10.1 Å². The highest BCUT2D eigenvalue weighted by Gasteiger charge is 2.34. The average molecular weight is 277 g/mol. The predicted octanol–water partition coefficient (Wildman–Crippen LogP) is 2.21. The quantitative estimate of drug-likeness (QED) is 0.677. The number of alkyl halides is 3. The van der Waals surface area contributed by atoms with Crippen molar-refractivity contribution in [3.63, 3.8) is 0 Å². The first-order chi connectivity index (χ1) is 8.88. The number of nitro groups is 1. The average Bonchev–Trinajstić information content (AvgIpc) is 2.80. The molecular weight excluding hydrogens is 267 g/mol. The first-order valence-corrected chi connectivity index (χ1v) is 5.44. The Kier molecular flexibility index (Phi) is 3.56. The van der Waals surface area contributed by atoms with Gasteiger partial charge in [-0.05, 0) is 12.5 Å². The molecule has 0 aliphatic carbocycles. The van der Waals surface area contributed by atoms with E-state index in [0.717, 1.165) is 0 Å². The molecule has 2 rings (SSSR count). The smallest absolute Gasteiger partial charge is 0.379 e. The van der Waals surface area contributed by atoms with Crippen molar-refractivity contribution in [3.8, 4) is 0 Å². The molecule has 1 aromatic heterocycles. The number of nitrogens with zero attached hydrogens (tertiary/aromatic N) is 2. The third kappa shape index (κ3) is 3.11. The molecule has 1 saturated heterocycles. The lowest BCUT2D eigenvalue weighted by Gasteiger charge is -2.14. The van der Waals surface area contributed by atoms with Crippen molar-refractivity contribution in [1.29, 1.82) is 0 Å². The summed E-state index contributed by atoms with van der Waals surface area (Å²) < 4.78 is 42.6. The summed E-state index contributed by atoms with van der Waals surface area (Å²) in [5.41, 5.74) is -1.85. The Labute approximate surface area is 105 Å². The maximum Gasteiger partial charge on any atom is 0.433 e. The van der Waals surface area contributed by atoms with Crippen molar-refractivity contribution in [3.05, 3.63) is 28.1 Å². The van der Waals surface area contributed by atoms with Gasteiger partial charge in [-0.25, -0.2) is 4.98 Å². The highest BCUT2D eigenvalue weighted by Crippen LogP contribution is 2.33. The second-order valence-electron chi connectivity index (χ2n) is 4.05. The number of anilines is 1. The van der Waals surface area contributed by atoms with E-state index in [4.69, 9.17) is 4.74 Å². The van der Waals surface area contributed by atoms with Gasteiger partial charge in [0.2, 0.25) is 0 Å². The van der Waals surface area contributed by atoms with Gasteiger partial charge in [0.15, 0.2) is 0 Å². The van der Waals surface area contributed by atoms with Crippen LogP contribution in [0.25, 0.3) is 0 Å². The molecule has 1 atom stereocenters. The van der Waals surface area contributed by atoms with E-state index in [9.17, 15) is 23.3 Å². The van der Waals surface area contributed by atoms with E-state index in [0.29, 0.717) is 31.9 Å². The van der Waals surface area contributed by atoms with Gasteiger partial charge in [0, 0.05) is 6.61 Å². The maximum atomic E-state index is 12.5. The molecule has 104 valence electrons. The Balaban J connectivity index is 2.32. The Hall–Kier alpha value is -1.90. The number of aromatic nitrogens is 1. The maximum absolute atomic E-state index is 12.5. The molecular formula is C10H10F3N3O3. The van der Waals surface area contributed by atoms with Crippen molar-refractivity contribution in [2.75, 3.05) is 18.5 Å². The monoisotopic (exact) mass is 277 g/mol. The molecule has 1 N–H and O–H groups in total. The lowest BCUT2D eigenvalue weighted by Crippen LogP contribution is -2.20. The van der Waals surface area contributed by atoms with Gasteiger partial charge in [-0.1, -0.05) is 0 Å². The van der Waals surface area contributed by atoms with Gasteiger partial charge in [0.05, 0.1) is 17.6 Å². The molecule has 1 aliphatic rings. The fourth-order valence-electron chi connectivity index (χ4n) is 1.73. The van der Waals surface area contributed by atoms with Crippen molar-refractivity contribution < 1.29 is 22.8 Å². The van der Waals surface area contributed by atoms with Crippen LogP contribution in [-0.2, 0) is 10.9 Å². The second-order valence-corrected chi connectivity index (χ2v) is 4.05. The lowest BCUT2D eigenvalue weighted by atomic mass is 10.2. The van der Waals surface area contributed by atoms with Gasteiger partial charge in [-0.2, -0.15) is 13.2 Å². The van der Waals surface area contributed by atoms with E-state index in [1.54, 1.807) is 0 Å². The molecule has 1 unspecified atom stereocenters. The Bertz CT molecular complexity index is 487. The summed E-state index contributed by atoms with van der Waals surface area (Å²) in [5.74, 6) is 0. The standard InChI is InChI=1S/C10H10F3N3O3/c11-10(12,13)9-3-7(8(4-14-9)16(17)18)15-6-1-2-19-5-6/h3-4,6H,1-2,5H2,(H,14,15). The molecule has 2 heterocycles. The zero-order valence-corrected chi connectivity index (χ0v) is 9.61. The summed E-state index contributed by atoms with van der Waals surface area (Å²) in [6, 6.07) is 0.415. The Morgan fingerprint density at radius 2 is 2.26 bits per heavy atom. The first kappa shape index (κ1) is 13.5. The van der Waals surface area contributed by atoms with Crippen LogP contribution in [0.5, 0.6) is 0 Å². The van der Waals surface area contributed by atoms with Crippen LogP contribution in [0.15, 0.2) is 12.3 Å². The Morgan fingerprint density at radius 3 is 2.79 bits per heavy atom. The molecule has 0 radical (unpaired) electrons. The molecule has 1 aliphatic heterocycles. The van der Waals surface area contributed by atoms with E-state index >= 15 is 0 Å². The summed E-state index contributed by atoms with van der Waals surface area (Å²) >= 11 is 0. The number of hydrogen-bond donors (Lipinski definition) is 1. The zero-order chi connectivity index (χ0) is 14.0. The summed E-state index contributed by atoms with van der Waals surface area (Å²) in [4.78, 5) is 13.1. The molecule has 0 aromatic carbocycles. The number of rotatable bonds is 3. The molecule has 0 bridgehead atoms. The number of nitrogens with one attached hydrogen (secondary N) is 1. The molecule has 1 fully saturated rings. The van der Waals surface area contributed by atoms with Crippen LogP contribution in [-0.4, -0.2) is 29.2 Å². The SMILES string of the molecule is O=[N+]([O-])c1cnc(C(F)(F)F)cc1NC1CCOC1. The minimum absolute atomic E-state index is 0.192. The largest absolute Gasteiger partial charge is 0.433 e. The van der Waals surface area contributed by atoms with Gasteiger partial charge in [0.1, 0.15) is 17.6 Å². The molecule has 6 nitrogen and oxygen atoms in total. The van der Waals surface area contributed by atoms with Gasteiger partial charge >= 0.3 is 11.9 Å². The van der Waals surface area contributed by atoms with Crippen molar-refractivity contribution in [1.82, 2.24) is 4.98 Å². The van der Waals surface area contributed by atoms with Crippen LogP contribution in [0.3, 0.4) is 0 Å². The van der Waals surface area contributed by atoms with Gasteiger partial charge < -0.3 is 10.1 Å². The van der Waals surface area contributed by atoms with Crippen LogP contribution in [0.4, 0.5) is 24.5 Å². The van der Waals surface area contributed by atoms with Crippen molar-refractivity contribution >= 4 is 11.4 Å². The molecule has 0 amide bonds.